The van der Waals surface area contributed by atoms with E-state index in [0.717, 1.165) is 32.6 Å². The van der Waals surface area contributed by atoms with Crippen LogP contribution in [0.2, 0.25) is 0 Å². The topological polar surface area (TPSA) is 84.0 Å². The number of nitrogens with one attached hydrogen (secondary N) is 2. The Morgan fingerprint density at radius 3 is 2.09 bits per heavy atom. The van der Waals surface area contributed by atoms with Crippen molar-refractivity contribution in [1.29, 1.82) is 0 Å². The fraction of sp³-hybridized carbons (Fsp3) is 0.0769. The van der Waals surface area contributed by atoms with E-state index in [1.807, 2.05) is 60.0 Å². The van der Waals surface area contributed by atoms with Gasteiger partial charge < -0.3 is 10.6 Å². The van der Waals surface area contributed by atoms with Gasteiger partial charge in [0.05, 0.1) is 27.4 Å². The molecule has 174 valence electrons. The van der Waals surface area contributed by atoms with Gasteiger partial charge in [-0.05, 0) is 23.3 Å². The summed E-state index contributed by atoms with van der Waals surface area (Å²) in [4.78, 5) is 33.4. The van der Waals surface area contributed by atoms with E-state index in [9.17, 15) is 9.59 Å². The van der Waals surface area contributed by atoms with Gasteiger partial charge in [0.25, 0.3) is 0 Å². The quantitative estimate of drug-likeness (QED) is 0.249. The molecule has 0 radical (unpaired) electrons. The molecule has 2 heterocycles. The number of anilines is 2. The molecule has 0 bridgehead atoms. The Balaban J connectivity index is 1.09. The van der Waals surface area contributed by atoms with Crippen molar-refractivity contribution in [2.45, 2.75) is 0 Å². The molecule has 0 fully saturated rings. The zero-order chi connectivity index (χ0) is 24.0. The Hall–Kier alpha value is -3.53. The van der Waals surface area contributed by atoms with Crippen LogP contribution < -0.4 is 10.6 Å². The summed E-state index contributed by atoms with van der Waals surface area (Å²) in [6.07, 6.45) is 0. The van der Waals surface area contributed by atoms with E-state index >= 15 is 0 Å². The van der Waals surface area contributed by atoms with Gasteiger partial charge in [-0.15, -0.1) is 23.1 Å². The molecule has 0 saturated heterocycles. The lowest BCUT2D eigenvalue weighted by molar-refractivity contribution is -0.114. The number of hydrogen-bond donors (Lipinski definition) is 2. The molecule has 0 spiro atoms. The van der Waals surface area contributed by atoms with Crippen molar-refractivity contribution < 1.29 is 9.59 Å². The molecule has 5 aromatic rings. The van der Waals surface area contributed by atoms with Gasteiger partial charge in [0, 0.05) is 10.9 Å². The summed E-state index contributed by atoms with van der Waals surface area (Å²) in [6, 6.07) is 26.1. The third-order valence-corrected chi connectivity index (χ3v) is 7.69. The SMILES string of the molecule is O=C(CSCC(=O)Nc1nc2ccccc2s1)Nc1nc(-c2ccc(-c3ccccc3)cc2)cs1. The molecular weight excluding hydrogens is 497 g/mol. The monoisotopic (exact) mass is 516 g/mol. The largest absolute Gasteiger partial charge is 0.301 e. The highest BCUT2D eigenvalue weighted by molar-refractivity contribution is 8.00. The number of aromatic nitrogens is 2. The van der Waals surface area contributed by atoms with Gasteiger partial charge in [0.15, 0.2) is 10.3 Å². The molecule has 0 aliphatic heterocycles. The first kappa shape index (κ1) is 23.2. The maximum Gasteiger partial charge on any atom is 0.236 e. The number of benzene rings is 3. The lowest BCUT2D eigenvalue weighted by atomic mass is 10.0. The van der Waals surface area contributed by atoms with Crippen LogP contribution in [-0.4, -0.2) is 33.3 Å². The molecule has 2 N–H and O–H groups in total. The molecule has 0 aliphatic carbocycles. The molecule has 9 heteroatoms. The summed E-state index contributed by atoms with van der Waals surface area (Å²) in [5.74, 6) is -0.0470. The summed E-state index contributed by atoms with van der Waals surface area (Å²) < 4.78 is 1.02. The summed E-state index contributed by atoms with van der Waals surface area (Å²) in [5, 5.41) is 8.64. The average molecular weight is 517 g/mol. The second-order valence-electron chi connectivity index (χ2n) is 7.56. The summed E-state index contributed by atoms with van der Waals surface area (Å²) in [7, 11) is 0. The highest BCUT2D eigenvalue weighted by Gasteiger charge is 2.11. The lowest BCUT2D eigenvalue weighted by Gasteiger charge is -2.03. The number of thiazole rings is 2. The first-order valence-electron chi connectivity index (χ1n) is 10.8. The Kier molecular flexibility index (Phi) is 7.17. The number of rotatable bonds is 8. The number of carbonyl (C=O) groups is 2. The van der Waals surface area contributed by atoms with Gasteiger partial charge in [0.2, 0.25) is 11.8 Å². The van der Waals surface area contributed by atoms with Crippen LogP contribution in [0.1, 0.15) is 0 Å². The minimum atomic E-state index is -0.192. The normalized spacial score (nSPS) is 10.9. The lowest BCUT2D eigenvalue weighted by Crippen LogP contribution is -2.18. The maximum absolute atomic E-state index is 12.3. The fourth-order valence-corrected chi connectivity index (χ4v) is 5.64. The van der Waals surface area contributed by atoms with E-state index in [1.54, 1.807) is 0 Å². The predicted octanol–water partition coefficient (Wildman–Crippen LogP) is 6.40. The van der Waals surface area contributed by atoms with Gasteiger partial charge in [-0.25, -0.2) is 9.97 Å². The Morgan fingerprint density at radius 2 is 1.34 bits per heavy atom. The van der Waals surface area contributed by atoms with Crippen LogP contribution in [-0.2, 0) is 9.59 Å². The van der Waals surface area contributed by atoms with E-state index in [-0.39, 0.29) is 23.3 Å². The Bertz CT molecular complexity index is 1430. The summed E-state index contributed by atoms with van der Waals surface area (Å²) >= 11 is 4.05. The van der Waals surface area contributed by atoms with Crippen molar-refractivity contribution in [2.24, 2.45) is 0 Å². The molecule has 0 saturated carbocycles. The average Bonchev–Trinajstić information content (AvgIpc) is 3.51. The first-order valence-corrected chi connectivity index (χ1v) is 13.6. The minimum Gasteiger partial charge on any atom is -0.301 e. The number of hydrogen-bond acceptors (Lipinski definition) is 7. The molecular formula is C26H20N4O2S3. The minimum absolute atomic E-state index is 0.161. The third kappa shape index (κ3) is 5.94. The van der Waals surface area contributed by atoms with Crippen LogP contribution in [0.5, 0.6) is 0 Å². The number of para-hydroxylation sites is 1. The van der Waals surface area contributed by atoms with Crippen molar-refractivity contribution >= 4 is 66.7 Å². The molecule has 2 aromatic heterocycles. The second-order valence-corrected chi connectivity index (χ2v) is 10.4. The standard InChI is InChI=1S/C26H20N4O2S3/c31-23(15-33-16-24(32)30-26-27-20-8-4-5-9-22(20)35-26)29-25-28-21(14-34-25)19-12-10-18(11-13-19)17-6-2-1-3-7-17/h1-14H,15-16H2,(H,27,30,32)(H,28,29,31). The Morgan fingerprint density at radius 1 is 0.714 bits per heavy atom. The van der Waals surface area contributed by atoms with Gasteiger partial charge in [-0.2, -0.15) is 0 Å². The van der Waals surface area contributed by atoms with Crippen LogP contribution >= 0.6 is 34.4 Å². The molecule has 5 rings (SSSR count). The molecule has 35 heavy (non-hydrogen) atoms. The summed E-state index contributed by atoms with van der Waals surface area (Å²) in [6.45, 7) is 0. The number of thioether (sulfide) groups is 1. The van der Waals surface area contributed by atoms with Crippen LogP contribution in [0.4, 0.5) is 10.3 Å². The van der Waals surface area contributed by atoms with Crippen molar-refractivity contribution in [3.05, 3.63) is 84.2 Å². The highest BCUT2D eigenvalue weighted by Crippen LogP contribution is 2.28. The molecule has 0 unspecified atom stereocenters. The van der Waals surface area contributed by atoms with E-state index in [0.29, 0.717) is 10.3 Å². The van der Waals surface area contributed by atoms with Crippen LogP contribution in [0, 0.1) is 0 Å². The second kappa shape index (κ2) is 10.8. The highest BCUT2D eigenvalue weighted by atomic mass is 32.2. The van der Waals surface area contributed by atoms with Crippen molar-refractivity contribution in [3.8, 4) is 22.4 Å². The molecule has 0 aliphatic rings. The van der Waals surface area contributed by atoms with Crippen LogP contribution in [0.3, 0.4) is 0 Å². The van der Waals surface area contributed by atoms with Gasteiger partial charge in [-0.3, -0.25) is 9.59 Å². The van der Waals surface area contributed by atoms with E-state index in [2.05, 4.69) is 44.9 Å². The van der Waals surface area contributed by atoms with Gasteiger partial charge >= 0.3 is 0 Å². The molecule has 2 amide bonds. The van der Waals surface area contributed by atoms with Crippen LogP contribution in [0.15, 0.2) is 84.2 Å². The van der Waals surface area contributed by atoms with Crippen molar-refractivity contribution in [2.75, 3.05) is 22.1 Å². The van der Waals surface area contributed by atoms with Crippen molar-refractivity contribution in [1.82, 2.24) is 9.97 Å². The molecule has 0 atom stereocenters. The molecule has 3 aromatic carbocycles. The smallest absolute Gasteiger partial charge is 0.236 e. The van der Waals surface area contributed by atoms with E-state index in [1.165, 1.54) is 34.4 Å². The zero-order valence-corrected chi connectivity index (χ0v) is 20.9. The Labute approximate surface area is 214 Å². The number of amides is 2. The number of nitrogens with zero attached hydrogens (tertiary/aromatic N) is 2. The number of carbonyl (C=O) groups excluding carboxylic acids is 2. The zero-order valence-electron chi connectivity index (χ0n) is 18.4. The number of fused-ring (bicyclic) bond motifs is 1. The van der Waals surface area contributed by atoms with Gasteiger partial charge in [0.1, 0.15) is 0 Å². The first-order chi connectivity index (χ1) is 17.1. The summed E-state index contributed by atoms with van der Waals surface area (Å²) in [5.41, 5.74) is 4.96. The molecule has 6 nitrogen and oxygen atoms in total. The van der Waals surface area contributed by atoms with E-state index in [4.69, 9.17) is 0 Å². The predicted molar refractivity (Wildman–Crippen MR) is 147 cm³/mol. The third-order valence-electron chi connectivity index (χ3n) is 5.04. The van der Waals surface area contributed by atoms with Crippen molar-refractivity contribution in [3.63, 3.8) is 0 Å². The fourth-order valence-electron chi connectivity index (χ4n) is 3.40. The maximum atomic E-state index is 12.3. The van der Waals surface area contributed by atoms with Gasteiger partial charge in [-0.1, -0.05) is 78.1 Å². The van der Waals surface area contributed by atoms with Crippen LogP contribution in [0.25, 0.3) is 32.6 Å². The van der Waals surface area contributed by atoms with E-state index < -0.39 is 0 Å².